The lowest BCUT2D eigenvalue weighted by Crippen LogP contribution is -2.03. The molecule has 0 unspecified atom stereocenters. The first-order chi connectivity index (χ1) is 4.93. The van der Waals surface area contributed by atoms with E-state index in [4.69, 9.17) is 5.11 Å². The Morgan fingerprint density at radius 3 is 2.36 bits per heavy atom. The van der Waals surface area contributed by atoms with Gasteiger partial charge < -0.3 is 5.11 Å². The highest BCUT2D eigenvalue weighted by atomic mass is 79.9. The van der Waals surface area contributed by atoms with Crippen LogP contribution < -0.4 is 0 Å². The van der Waals surface area contributed by atoms with Gasteiger partial charge >= 0.3 is 5.97 Å². The van der Waals surface area contributed by atoms with Gasteiger partial charge in [0.2, 0.25) is 0 Å². The van der Waals surface area contributed by atoms with Gasteiger partial charge in [0.25, 0.3) is 0 Å². The van der Waals surface area contributed by atoms with E-state index in [-0.39, 0.29) is 5.41 Å². The first-order valence-electron chi connectivity index (χ1n) is 3.27. The van der Waals surface area contributed by atoms with Gasteiger partial charge in [0.05, 0.1) is 5.57 Å². The molecule has 0 radical (unpaired) electrons. The molecule has 2 nitrogen and oxygen atoms in total. The molecule has 11 heavy (non-hydrogen) atoms. The second kappa shape index (κ2) is 2.48. The van der Waals surface area contributed by atoms with Crippen molar-refractivity contribution in [2.45, 2.75) is 13.8 Å². The van der Waals surface area contributed by atoms with E-state index in [9.17, 15) is 4.79 Å². The molecule has 0 aromatic rings. The lowest BCUT2D eigenvalue weighted by atomic mass is 9.96. The molecule has 1 aliphatic carbocycles. The van der Waals surface area contributed by atoms with Crippen molar-refractivity contribution in [2.75, 3.05) is 0 Å². The van der Waals surface area contributed by atoms with Crippen molar-refractivity contribution in [3.05, 3.63) is 22.2 Å². The number of carboxylic acid groups (broad SMARTS) is 1. The average molecular weight is 217 g/mol. The molecule has 0 saturated carbocycles. The number of allylic oxidation sites excluding steroid dienone is 2. The van der Waals surface area contributed by atoms with Crippen molar-refractivity contribution in [1.82, 2.24) is 0 Å². The van der Waals surface area contributed by atoms with Gasteiger partial charge in [0, 0.05) is 9.90 Å². The minimum absolute atomic E-state index is 0.159. The van der Waals surface area contributed by atoms with Gasteiger partial charge in [-0.1, -0.05) is 35.9 Å². The number of aliphatic carboxylic acids is 1. The van der Waals surface area contributed by atoms with Crippen LogP contribution in [0, 0.1) is 5.41 Å². The summed E-state index contributed by atoms with van der Waals surface area (Å²) in [5.74, 6) is -0.868. The monoisotopic (exact) mass is 216 g/mol. The average Bonchev–Trinajstić information content (AvgIpc) is 2.08. The van der Waals surface area contributed by atoms with Crippen LogP contribution in [0.25, 0.3) is 0 Å². The predicted molar refractivity (Wildman–Crippen MR) is 46.5 cm³/mol. The smallest absolute Gasteiger partial charge is 0.335 e. The maximum atomic E-state index is 10.5. The molecule has 1 N–H and O–H groups in total. The molecule has 0 spiro atoms. The Labute approximate surface area is 73.7 Å². The fraction of sp³-hybridized carbons (Fsp3) is 0.375. The van der Waals surface area contributed by atoms with Crippen LogP contribution in [-0.4, -0.2) is 11.1 Å². The van der Waals surface area contributed by atoms with E-state index in [1.54, 1.807) is 12.2 Å². The molecular formula is C8H9BrO2. The molecule has 60 valence electrons. The van der Waals surface area contributed by atoms with Crippen molar-refractivity contribution < 1.29 is 9.90 Å². The Morgan fingerprint density at radius 1 is 1.64 bits per heavy atom. The standard InChI is InChI=1S/C8H9BrO2/c1-8(2)4-5(7(10)11)3-6(8)9/h3-4H,1-2H3,(H,10,11). The Hall–Kier alpha value is -0.570. The highest BCUT2D eigenvalue weighted by molar-refractivity contribution is 9.11. The van der Waals surface area contributed by atoms with Crippen molar-refractivity contribution in [3.63, 3.8) is 0 Å². The lowest BCUT2D eigenvalue weighted by Gasteiger charge is -2.14. The van der Waals surface area contributed by atoms with Crippen LogP contribution in [0.15, 0.2) is 22.2 Å². The normalized spacial score (nSPS) is 21.0. The summed E-state index contributed by atoms with van der Waals surface area (Å²) in [6.45, 7) is 3.92. The van der Waals surface area contributed by atoms with Gasteiger partial charge in [-0.2, -0.15) is 0 Å². The summed E-state index contributed by atoms with van der Waals surface area (Å²) in [6, 6.07) is 0. The third-order valence-corrected chi connectivity index (χ3v) is 2.91. The van der Waals surface area contributed by atoms with Crippen LogP contribution in [0.5, 0.6) is 0 Å². The molecule has 0 atom stereocenters. The van der Waals surface area contributed by atoms with E-state index < -0.39 is 5.97 Å². The van der Waals surface area contributed by atoms with Gasteiger partial charge in [-0.05, 0) is 6.08 Å². The molecule has 1 rings (SSSR count). The van der Waals surface area contributed by atoms with Gasteiger partial charge in [-0.3, -0.25) is 0 Å². The van der Waals surface area contributed by atoms with Gasteiger partial charge in [0.1, 0.15) is 0 Å². The fourth-order valence-electron chi connectivity index (χ4n) is 0.945. The van der Waals surface area contributed by atoms with E-state index in [2.05, 4.69) is 15.9 Å². The maximum absolute atomic E-state index is 10.5. The zero-order chi connectivity index (χ0) is 8.65. The minimum Gasteiger partial charge on any atom is -0.478 e. The molecule has 0 heterocycles. The number of rotatable bonds is 1. The fourth-order valence-corrected chi connectivity index (χ4v) is 1.31. The summed E-state index contributed by atoms with van der Waals surface area (Å²) >= 11 is 3.31. The second-order valence-corrected chi connectivity index (χ2v) is 3.97. The molecule has 0 aliphatic heterocycles. The van der Waals surface area contributed by atoms with Gasteiger partial charge in [-0.15, -0.1) is 0 Å². The van der Waals surface area contributed by atoms with Crippen molar-refractivity contribution in [3.8, 4) is 0 Å². The quantitative estimate of drug-likeness (QED) is 0.731. The van der Waals surface area contributed by atoms with Crippen molar-refractivity contribution >= 4 is 21.9 Å². The molecule has 0 bridgehead atoms. The molecule has 0 aromatic heterocycles. The third-order valence-electron chi connectivity index (χ3n) is 1.66. The number of carboxylic acids is 1. The number of carbonyl (C=O) groups is 1. The Bertz CT molecular complexity index is 261. The Morgan fingerprint density at radius 2 is 2.18 bits per heavy atom. The summed E-state index contributed by atoms with van der Waals surface area (Å²) < 4.78 is 0.919. The summed E-state index contributed by atoms with van der Waals surface area (Å²) in [5, 5.41) is 8.63. The summed E-state index contributed by atoms with van der Waals surface area (Å²) in [4.78, 5) is 10.5. The second-order valence-electron chi connectivity index (χ2n) is 3.12. The number of halogens is 1. The van der Waals surface area contributed by atoms with E-state index >= 15 is 0 Å². The molecule has 3 heteroatoms. The molecule has 1 aliphatic rings. The predicted octanol–water partition coefficient (Wildman–Crippen LogP) is 2.32. The van der Waals surface area contributed by atoms with Crippen molar-refractivity contribution in [2.24, 2.45) is 5.41 Å². The molecule has 0 amide bonds. The molecule has 0 saturated heterocycles. The highest BCUT2D eigenvalue weighted by Gasteiger charge is 2.27. The van der Waals surface area contributed by atoms with Crippen molar-refractivity contribution in [1.29, 1.82) is 0 Å². The van der Waals surface area contributed by atoms with E-state index in [1.165, 1.54) is 0 Å². The first-order valence-corrected chi connectivity index (χ1v) is 4.06. The third kappa shape index (κ3) is 1.53. The van der Waals surface area contributed by atoms with Crippen LogP contribution in [0.1, 0.15) is 13.8 Å². The summed E-state index contributed by atoms with van der Waals surface area (Å²) in [6.07, 6.45) is 3.38. The van der Waals surface area contributed by atoms with Gasteiger partial charge in [0.15, 0.2) is 0 Å². The Kier molecular flexibility index (Phi) is 1.92. The SMILES string of the molecule is CC1(C)C=C(C(=O)O)C=C1Br. The maximum Gasteiger partial charge on any atom is 0.335 e. The highest BCUT2D eigenvalue weighted by Crippen LogP contribution is 2.39. The van der Waals surface area contributed by atoms with Gasteiger partial charge in [-0.25, -0.2) is 4.79 Å². The topological polar surface area (TPSA) is 37.3 Å². The number of hydrogen-bond donors (Lipinski definition) is 1. The minimum atomic E-state index is -0.868. The van der Waals surface area contributed by atoms with Crippen LogP contribution in [-0.2, 0) is 4.79 Å². The summed E-state index contributed by atoms with van der Waals surface area (Å²) in [5.41, 5.74) is 0.204. The van der Waals surface area contributed by atoms with Crippen LogP contribution in [0.3, 0.4) is 0 Å². The number of hydrogen-bond acceptors (Lipinski definition) is 1. The Balaban J connectivity index is 3.01. The summed E-state index contributed by atoms with van der Waals surface area (Å²) in [7, 11) is 0. The molecular weight excluding hydrogens is 208 g/mol. The van der Waals surface area contributed by atoms with Crippen LogP contribution >= 0.6 is 15.9 Å². The largest absolute Gasteiger partial charge is 0.478 e. The lowest BCUT2D eigenvalue weighted by molar-refractivity contribution is -0.132. The first kappa shape index (κ1) is 8.53. The van der Waals surface area contributed by atoms with Crippen LogP contribution in [0.2, 0.25) is 0 Å². The van der Waals surface area contributed by atoms with E-state index in [1.807, 2.05) is 13.8 Å². The zero-order valence-corrected chi connectivity index (χ0v) is 7.97. The zero-order valence-electron chi connectivity index (χ0n) is 6.39. The van der Waals surface area contributed by atoms with Crippen LogP contribution in [0.4, 0.5) is 0 Å². The molecule has 0 fully saturated rings. The van der Waals surface area contributed by atoms with E-state index in [0.717, 1.165) is 4.48 Å². The molecule has 0 aromatic carbocycles. The van der Waals surface area contributed by atoms with E-state index in [0.29, 0.717) is 5.57 Å².